The molecule has 1 atom stereocenters. The molecule has 0 amide bonds. The summed E-state index contributed by atoms with van der Waals surface area (Å²) in [6, 6.07) is 10.8. The van der Waals surface area contributed by atoms with Gasteiger partial charge in [0, 0.05) is 36.4 Å². The molecule has 0 unspecified atom stereocenters. The lowest BCUT2D eigenvalue weighted by Crippen LogP contribution is -2.34. The van der Waals surface area contributed by atoms with Gasteiger partial charge >= 0.3 is 0 Å². The molecule has 32 heavy (non-hydrogen) atoms. The molecular weight excluding hydrogens is 418 g/mol. The van der Waals surface area contributed by atoms with Crippen LogP contribution in [-0.2, 0) is 32.4 Å². The van der Waals surface area contributed by atoms with Crippen molar-refractivity contribution in [3.8, 4) is 0 Å². The van der Waals surface area contributed by atoms with Crippen molar-refractivity contribution in [2.75, 3.05) is 0 Å². The highest BCUT2D eigenvalue weighted by molar-refractivity contribution is 7.18. The highest BCUT2D eigenvalue weighted by Gasteiger charge is 2.25. The monoisotopic (exact) mass is 445 g/mol. The first-order valence-electron chi connectivity index (χ1n) is 11.2. The number of aryl methyl sites for hydroxylation is 4. The summed E-state index contributed by atoms with van der Waals surface area (Å²) in [5.74, 6) is 0. The van der Waals surface area contributed by atoms with Crippen LogP contribution in [0.4, 0.5) is 0 Å². The Labute approximate surface area is 191 Å². The van der Waals surface area contributed by atoms with Gasteiger partial charge in [0.1, 0.15) is 4.83 Å². The van der Waals surface area contributed by atoms with E-state index in [1.807, 2.05) is 19.2 Å². The normalized spacial score (nSPS) is 15.7. The van der Waals surface area contributed by atoms with Crippen molar-refractivity contribution in [2.24, 2.45) is 0 Å². The largest absolute Gasteiger partial charge is 0.308 e. The number of aromatic nitrogens is 4. The van der Waals surface area contributed by atoms with E-state index in [4.69, 9.17) is 0 Å². The van der Waals surface area contributed by atoms with Crippen LogP contribution in [0.5, 0.6) is 0 Å². The van der Waals surface area contributed by atoms with Crippen LogP contribution < -0.4 is 10.9 Å². The maximum Gasteiger partial charge on any atom is 0.262 e. The molecule has 0 spiro atoms. The summed E-state index contributed by atoms with van der Waals surface area (Å²) in [5.41, 5.74) is 4.52. The van der Waals surface area contributed by atoms with Crippen LogP contribution in [0.3, 0.4) is 0 Å². The zero-order valence-corrected chi connectivity index (χ0v) is 19.1. The fraction of sp³-hybridized carbons (Fsp3) is 0.360. The molecule has 5 rings (SSSR count). The van der Waals surface area contributed by atoms with E-state index in [9.17, 15) is 4.79 Å². The lowest BCUT2D eigenvalue weighted by atomic mass is 9.93. The van der Waals surface area contributed by atoms with Gasteiger partial charge in [0.05, 0.1) is 23.1 Å². The first-order valence-corrected chi connectivity index (χ1v) is 12.0. The lowest BCUT2D eigenvalue weighted by molar-refractivity contribution is 0.459. The van der Waals surface area contributed by atoms with Crippen molar-refractivity contribution >= 4 is 21.6 Å². The molecule has 1 N–H and O–H groups in total. The second kappa shape index (κ2) is 9.30. The lowest BCUT2D eigenvalue weighted by Gasteiger charge is -2.23. The summed E-state index contributed by atoms with van der Waals surface area (Å²) in [6.45, 7) is 3.35. The molecule has 4 aromatic rings. The van der Waals surface area contributed by atoms with Gasteiger partial charge in [0.25, 0.3) is 5.56 Å². The third kappa shape index (κ3) is 4.49. The Morgan fingerprint density at radius 1 is 1.16 bits per heavy atom. The summed E-state index contributed by atoms with van der Waals surface area (Å²) in [6.07, 6.45) is 10.1. The Hall–Kier alpha value is -2.90. The van der Waals surface area contributed by atoms with E-state index < -0.39 is 0 Å². The van der Waals surface area contributed by atoms with Crippen molar-refractivity contribution in [2.45, 2.75) is 58.2 Å². The number of nitrogens with zero attached hydrogens (tertiary/aromatic N) is 4. The molecule has 6 nitrogen and oxygen atoms in total. The zero-order chi connectivity index (χ0) is 21.9. The van der Waals surface area contributed by atoms with Gasteiger partial charge in [-0.25, -0.2) is 4.98 Å². The minimum Gasteiger partial charge on any atom is -0.308 e. The highest BCUT2D eigenvalue weighted by Crippen LogP contribution is 2.33. The van der Waals surface area contributed by atoms with Crippen molar-refractivity contribution in [3.63, 3.8) is 0 Å². The van der Waals surface area contributed by atoms with Gasteiger partial charge in [0.15, 0.2) is 0 Å². The first-order chi connectivity index (χ1) is 15.7. The number of fused-ring (bicyclic) bond motifs is 3. The Balaban J connectivity index is 1.27. The first kappa shape index (κ1) is 21.0. The molecule has 0 bridgehead atoms. The molecule has 0 aliphatic heterocycles. The van der Waals surface area contributed by atoms with E-state index in [1.165, 1.54) is 16.0 Å². The number of rotatable bonds is 7. The predicted octanol–water partition coefficient (Wildman–Crippen LogP) is 3.84. The molecule has 1 aliphatic rings. The number of nitrogens with one attached hydrogen (secondary N) is 1. The van der Waals surface area contributed by atoms with Crippen LogP contribution in [0.1, 0.15) is 40.2 Å². The van der Waals surface area contributed by atoms with Crippen molar-refractivity contribution < 1.29 is 0 Å². The van der Waals surface area contributed by atoms with E-state index in [0.717, 1.165) is 53.7 Å². The zero-order valence-electron chi connectivity index (χ0n) is 18.3. The van der Waals surface area contributed by atoms with Crippen LogP contribution in [0.15, 0.2) is 53.8 Å². The van der Waals surface area contributed by atoms with Crippen LogP contribution >= 0.6 is 11.3 Å². The second-order valence-corrected chi connectivity index (χ2v) is 9.57. The molecule has 3 aromatic heterocycles. The quantitative estimate of drug-likeness (QED) is 0.468. The van der Waals surface area contributed by atoms with Crippen LogP contribution in [0.25, 0.3) is 10.2 Å². The smallest absolute Gasteiger partial charge is 0.262 e. The van der Waals surface area contributed by atoms with Crippen LogP contribution in [0, 0.1) is 6.92 Å². The minimum atomic E-state index is 0.113. The number of benzene rings is 1. The molecule has 0 saturated carbocycles. The van der Waals surface area contributed by atoms with Gasteiger partial charge in [-0.1, -0.05) is 30.3 Å². The minimum absolute atomic E-state index is 0.113. The highest BCUT2D eigenvalue weighted by atomic mass is 32.1. The average Bonchev–Trinajstić information content (AvgIpc) is 3.19. The van der Waals surface area contributed by atoms with Gasteiger partial charge in [0.2, 0.25) is 0 Å². The maximum absolute atomic E-state index is 13.2. The van der Waals surface area contributed by atoms with E-state index >= 15 is 0 Å². The molecule has 1 aliphatic carbocycles. The third-order valence-electron chi connectivity index (χ3n) is 6.15. The summed E-state index contributed by atoms with van der Waals surface area (Å²) >= 11 is 1.68. The Morgan fingerprint density at radius 2 is 2.03 bits per heavy atom. The van der Waals surface area contributed by atoms with Crippen LogP contribution in [0.2, 0.25) is 0 Å². The Bertz CT molecular complexity index is 1260. The fourth-order valence-corrected chi connectivity index (χ4v) is 5.65. The SMILES string of the molecule is Cc1cnc(CN[C@@H]2CCc3c(sc4ncn(CCCc5ccccc5)c(=O)c34)C2)cn1. The van der Waals surface area contributed by atoms with Crippen molar-refractivity contribution in [3.05, 3.63) is 86.8 Å². The standard InChI is InChI=1S/C25H27N5OS/c1-17-13-27-20(14-26-17)15-28-19-9-10-21-22(12-19)32-24-23(21)25(31)30(16-29-24)11-5-8-18-6-3-2-4-7-18/h2-4,6-7,13-14,16,19,28H,5,8-12,15H2,1H3/t19-/m1/s1. The molecular formula is C25H27N5OS. The fourth-order valence-electron chi connectivity index (χ4n) is 4.39. The van der Waals surface area contributed by atoms with Gasteiger partial charge in [-0.15, -0.1) is 11.3 Å². The van der Waals surface area contributed by atoms with E-state index in [-0.39, 0.29) is 5.56 Å². The molecule has 164 valence electrons. The summed E-state index contributed by atoms with van der Waals surface area (Å²) in [5, 5.41) is 4.46. The van der Waals surface area contributed by atoms with Crippen LogP contribution in [-0.4, -0.2) is 25.6 Å². The Kier molecular flexibility index (Phi) is 6.10. The van der Waals surface area contributed by atoms with Gasteiger partial charge in [-0.3, -0.25) is 19.3 Å². The number of thiophene rings is 1. The van der Waals surface area contributed by atoms with Gasteiger partial charge in [-0.2, -0.15) is 0 Å². The van der Waals surface area contributed by atoms with Gasteiger partial charge < -0.3 is 5.32 Å². The molecule has 0 saturated heterocycles. The molecule has 1 aromatic carbocycles. The maximum atomic E-state index is 13.2. The second-order valence-electron chi connectivity index (χ2n) is 8.49. The molecule has 0 radical (unpaired) electrons. The van der Waals surface area contributed by atoms with E-state index in [0.29, 0.717) is 19.1 Å². The summed E-state index contributed by atoms with van der Waals surface area (Å²) < 4.78 is 1.79. The van der Waals surface area contributed by atoms with E-state index in [1.54, 1.807) is 28.4 Å². The van der Waals surface area contributed by atoms with Crippen molar-refractivity contribution in [1.82, 2.24) is 24.8 Å². The summed E-state index contributed by atoms with van der Waals surface area (Å²) in [4.78, 5) is 28.8. The molecule has 7 heteroatoms. The summed E-state index contributed by atoms with van der Waals surface area (Å²) in [7, 11) is 0. The molecule has 0 fully saturated rings. The topological polar surface area (TPSA) is 72.7 Å². The predicted molar refractivity (Wildman–Crippen MR) is 128 cm³/mol. The van der Waals surface area contributed by atoms with Crippen molar-refractivity contribution in [1.29, 1.82) is 0 Å². The molecule has 3 heterocycles. The third-order valence-corrected chi connectivity index (χ3v) is 7.31. The average molecular weight is 446 g/mol. The number of hydrogen-bond acceptors (Lipinski definition) is 6. The van der Waals surface area contributed by atoms with E-state index in [2.05, 4.69) is 44.5 Å². The number of hydrogen-bond donors (Lipinski definition) is 1. The Morgan fingerprint density at radius 3 is 2.84 bits per heavy atom. The van der Waals surface area contributed by atoms with Gasteiger partial charge in [-0.05, 0) is 50.2 Å².